The van der Waals surface area contributed by atoms with Gasteiger partial charge >= 0.3 is 0 Å². The van der Waals surface area contributed by atoms with Gasteiger partial charge in [-0.05, 0) is 12.1 Å². The third-order valence-electron chi connectivity index (χ3n) is 1.71. The van der Waals surface area contributed by atoms with Crippen molar-refractivity contribution in [3.63, 3.8) is 0 Å². The van der Waals surface area contributed by atoms with Crippen LogP contribution < -0.4 is 10.5 Å². The molecule has 1 aromatic carbocycles. The Morgan fingerprint density at radius 3 is 2.86 bits per heavy atom. The highest BCUT2D eigenvalue weighted by atomic mass is 19.1. The Balaban J connectivity index is 2.57. The zero-order valence-electron chi connectivity index (χ0n) is 8.07. The van der Waals surface area contributed by atoms with Crippen molar-refractivity contribution in [2.45, 2.75) is 6.10 Å². The van der Waals surface area contributed by atoms with Gasteiger partial charge in [-0.2, -0.15) is 0 Å². The van der Waals surface area contributed by atoms with Gasteiger partial charge in [-0.3, -0.25) is 0 Å². The molecule has 0 aliphatic rings. The Bertz CT molecular complexity index is 281. The Hall–Kier alpha value is -1.13. The molecule has 1 unspecified atom stereocenters. The zero-order chi connectivity index (χ0) is 10.4. The predicted molar refractivity (Wildman–Crippen MR) is 51.7 cm³/mol. The van der Waals surface area contributed by atoms with Crippen LogP contribution in [0, 0.1) is 5.82 Å². The summed E-state index contributed by atoms with van der Waals surface area (Å²) in [6, 6.07) is 5.95. The van der Waals surface area contributed by atoms with E-state index in [1.807, 2.05) is 0 Å². The lowest BCUT2D eigenvalue weighted by molar-refractivity contribution is 0.0858. The fourth-order valence-electron chi connectivity index (χ4n) is 1.07. The molecular weight excluding hydrogens is 185 g/mol. The summed E-state index contributed by atoms with van der Waals surface area (Å²) < 4.78 is 23.1. The third kappa shape index (κ3) is 3.32. The molecule has 0 bridgehead atoms. The second-order valence-corrected chi connectivity index (χ2v) is 2.89. The summed E-state index contributed by atoms with van der Waals surface area (Å²) in [6.07, 6.45) is -0.234. The van der Waals surface area contributed by atoms with Gasteiger partial charge < -0.3 is 15.2 Å². The molecule has 2 N–H and O–H groups in total. The van der Waals surface area contributed by atoms with E-state index in [0.29, 0.717) is 18.9 Å². The highest BCUT2D eigenvalue weighted by Gasteiger charge is 2.07. The van der Waals surface area contributed by atoms with Crippen molar-refractivity contribution < 1.29 is 13.9 Å². The van der Waals surface area contributed by atoms with Crippen LogP contribution in [0.3, 0.4) is 0 Å². The summed E-state index contributed by atoms with van der Waals surface area (Å²) in [7, 11) is 1.57. The number of rotatable bonds is 5. The largest absolute Gasteiger partial charge is 0.487 e. The number of nitrogens with two attached hydrogens (primary N) is 1. The van der Waals surface area contributed by atoms with Crippen molar-refractivity contribution in [2.75, 3.05) is 20.3 Å². The van der Waals surface area contributed by atoms with Gasteiger partial charge in [0.2, 0.25) is 0 Å². The van der Waals surface area contributed by atoms with Crippen LogP contribution in [0.15, 0.2) is 24.3 Å². The van der Waals surface area contributed by atoms with Crippen LogP contribution in [-0.2, 0) is 4.74 Å². The van der Waals surface area contributed by atoms with Crippen LogP contribution in [0.5, 0.6) is 5.75 Å². The molecule has 0 heterocycles. The summed E-state index contributed by atoms with van der Waals surface area (Å²) in [6.45, 7) is 0.733. The minimum Gasteiger partial charge on any atom is -0.487 e. The van der Waals surface area contributed by atoms with Crippen molar-refractivity contribution in [1.29, 1.82) is 0 Å². The van der Waals surface area contributed by atoms with Crippen molar-refractivity contribution in [2.24, 2.45) is 5.73 Å². The molecule has 1 rings (SSSR count). The number of methoxy groups -OCH3 is 1. The highest BCUT2D eigenvalue weighted by molar-refractivity contribution is 5.22. The van der Waals surface area contributed by atoms with Crippen LogP contribution in [0.1, 0.15) is 0 Å². The van der Waals surface area contributed by atoms with Crippen molar-refractivity contribution >= 4 is 0 Å². The number of benzene rings is 1. The average molecular weight is 199 g/mol. The molecule has 0 aliphatic carbocycles. The average Bonchev–Trinajstić information content (AvgIpc) is 2.17. The van der Waals surface area contributed by atoms with Gasteiger partial charge in [0, 0.05) is 19.7 Å². The third-order valence-corrected chi connectivity index (χ3v) is 1.71. The zero-order valence-corrected chi connectivity index (χ0v) is 8.07. The van der Waals surface area contributed by atoms with Crippen molar-refractivity contribution in [3.05, 3.63) is 30.1 Å². The number of hydrogen-bond donors (Lipinski definition) is 1. The lowest BCUT2D eigenvalue weighted by Gasteiger charge is -2.16. The lowest BCUT2D eigenvalue weighted by Crippen LogP contribution is -2.31. The molecule has 0 aliphatic heterocycles. The minimum absolute atomic E-state index is 0.234. The second-order valence-electron chi connectivity index (χ2n) is 2.89. The fraction of sp³-hybridized carbons (Fsp3) is 0.400. The summed E-state index contributed by atoms with van der Waals surface area (Å²) in [5.41, 5.74) is 5.45. The molecule has 14 heavy (non-hydrogen) atoms. The van der Waals surface area contributed by atoms with E-state index in [4.69, 9.17) is 15.2 Å². The Labute approximate surface area is 82.6 Å². The van der Waals surface area contributed by atoms with E-state index in [1.165, 1.54) is 12.1 Å². The van der Waals surface area contributed by atoms with Crippen LogP contribution in [0.2, 0.25) is 0 Å². The van der Waals surface area contributed by atoms with E-state index >= 15 is 0 Å². The number of ether oxygens (including phenoxy) is 2. The fourth-order valence-corrected chi connectivity index (χ4v) is 1.07. The first-order valence-corrected chi connectivity index (χ1v) is 4.37. The highest BCUT2D eigenvalue weighted by Crippen LogP contribution is 2.13. The Morgan fingerprint density at radius 1 is 1.50 bits per heavy atom. The first-order chi connectivity index (χ1) is 6.76. The molecule has 0 fully saturated rings. The molecule has 78 valence electrons. The summed E-state index contributed by atoms with van der Waals surface area (Å²) in [5, 5.41) is 0. The van der Waals surface area contributed by atoms with Gasteiger partial charge in [-0.25, -0.2) is 4.39 Å². The van der Waals surface area contributed by atoms with Crippen molar-refractivity contribution in [3.8, 4) is 5.75 Å². The maximum atomic E-state index is 12.8. The summed E-state index contributed by atoms with van der Waals surface area (Å²) >= 11 is 0. The van der Waals surface area contributed by atoms with Gasteiger partial charge in [-0.1, -0.05) is 6.07 Å². The maximum absolute atomic E-state index is 12.8. The SMILES string of the molecule is COCC(CN)Oc1cccc(F)c1. The lowest BCUT2D eigenvalue weighted by atomic mass is 10.3. The van der Waals surface area contributed by atoms with Gasteiger partial charge in [0.05, 0.1) is 6.61 Å². The standard InChI is InChI=1S/C10H14FNO2/c1-13-7-10(6-12)14-9-4-2-3-8(11)5-9/h2-5,10H,6-7,12H2,1H3. The van der Waals surface area contributed by atoms with Gasteiger partial charge in [0.15, 0.2) is 0 Å². The van der Waals surface area contributed by atoms with Crippen LogP contribution in [-0.4, -0.2) is 26.4 Å². The number of hydrogen-bond acceptors (Lipinski definition) is 3. The molecule has 1 atom stereocenters. The van der Waals surface area contributed by atoms with Crippen LogP contribution >= 0.6 is 0 Å². The molecule has 1 aromatic rings. The monoisotopic (exact) mass is 199 g/mol. The predicted octanol–water partition coefficient (Wildman–Crippen LogP) is 1.18. The van der Waals surface area contributed by atoms with E-state index in [9.17, 15) is 4.39 Å². The molecule has 0 aromatic heterocycles. The first-order valence-electron chi connectivity index (χ1n) is 4.37. The van der Waals surface area contributed by atoms with Crippen LogP contribution in [0.25, 0.3) is 0 Å². The summed E-state index contributed by atoms with van der Waals surface area (Å²) in [5.74, 6) is 0.146. The topological polar surface area (TPSA) is 44.5 Å². The Kier molecular flexibility index (Phi) is 4.35. The van der Waals surface area contributed by atoms with Gasteiger partial charge in [0.1, 0.15) is 17.7 Å². The second kappa shape index (κ2) is 5.57. The molecule has 3 nitrogen and oxygen atoms in total. The van der Waals surface area contributed by atoms with Crippen LogP contribution in [0.4, 0.5) is 4.39 Å². The molecule has 0 radical (unpaired) electrons. The van der Waals surface area contributed by atoms with E-state index < -0.39 is 0 Å². The molecular formula is C10H14FNO2. The van der Waals surface area contributed by atoms with E-state index in [-0.39, 0.29) is 11.9 Å². The van der Waals surface area contributed by atoms with E-state index in [2.05, 4.69) is 0 Å². The smallest absolute Gasteiger partial charge is 0.134 e. The quantitative estimate of drug-likeness (QED) is 0.774. The first kappa shape index (κ1) is 10.9. The van der Waals surface area contributed by atoms with Gasteiger partial charge in [-0.15, -0.1) is 0 Å². The maximum Gasteiger partial charge on any atom is 0.134 e. The van der Waals surface area contributed by atoms with Crippen molar-refractivity contribution in [1.82, 2.24) is 0 Å². The normalized spacial score (nSPS) is 12.5. The Morgan fingerprint density at radius 2 is 2.29 bits per heavy atom. The molecule has 0 spiro atoms. The summed E-state index contributed by atoms with van der Waals surface area (Å²) in [4.78, 5) is 0. The molecule has 0 saturated carbocycles. The molecule has 4 heteroatoms. The molecule has 0 amide bonds. The van der Waals surface area contributed by atoms with E-state index in [0.717, 1.165) is 0 Å². The van der Waals surface area contributed by atoms with E-state index in [1.54, 1.807) is 19.2 Å². The number of halogens is 1. The van der Waals surface area contributed by atoms with Gasteiger partial charge in [0.25, 0.3) is 0 Å². The minimum atomic E-state index is -0.323. The molecule has 0 saturated heterocycles.